The molecule has 0 saturated heterocycles. The molecular weight excluding hydrogens is 307 g/mol. The van der Waals surface area contributed by atoms with Gasteiger partial charge in [0, 0.05) is 5.56 Å². The molecule has 1 aromatic heterocycles. The van der Waals surface area contributed by atoms with E-state index in [2.05, 4.69) is 5.10 Å². The standard InChI is InChI=1S/C16H10Cl2N2O/c17-12-8-4-5-9-14(12)20-15(10-13(19-20)16(18)21)11-6-2-1-3-7-11/h1-10H. The summed E-state index contributed by atoms with van der Waals surface area (Å²) >= 11 is 11.8. The van der Waals surface area contributed by atoms with Crippen LogP contribution in [-0.4, -0.2) is 15.0 Å². The van der Waals surface area contributed by atoms with Crippen LogP contribution in [0.3, 0.4) is 0 Å². The zero-order valence-corrected chi connectivity index (χ0v) is 12.3. The number of para-hydroxylation sites is 1. The Morgan fingerprint density at radius 2 is 1.67 bits per heavy atom. The zero-order chi connectivity index (χ0) is 14.8. The lowest BCUT2D eigenvalue weighted by molar-refractivity contribution is 0.107. The molecule has 2 aromatic carbocycles. The summed E-state index contributed by atoms with van der Waals surface area (Å²) in [4.78, 5) is 11.4. The van der Waals surface area contributed by atoms with Crippen molar-refractivity contribution in [3.8, 4) is 16.9 Å². The third kappa shape index (κ3) is 2.71. The van der Waals surface area contributed by atoms with E-state index >= 15 is 0 Å². The fourth-order valence-electron chi connectivity index (χ4n) is 2.10. The monoisotopic (exact) mass is 316 g/mol. The fourth-order valence-corrected chi connectivity index (χ4v) is 2.41. The Hall–Kier alpha value is -2.10. The van der Waals surface area contributed by atoms with E-state index in [4.69, 9.17) is 23.2 Å². The van der Waals surface area contributed by atoms with Crippen LogP contribution < -0.4 is 0 Å². The van der Waals surface area contributed by atoms with Crippen LogP contribution in [0.25, 0.3) is 16.9 Å². The molecule has 0 aliphatic rings. The summed E-state index contributed by atoms with van der Waals surface area (Å²) in [6, 6.07) is 18.6. The van der Waals surface area contributed by atoms with Gasteiger partial charge in [0.2, 0.25) is 0 Å². The molecule has 0 amide bonds. The van der Waals surface area contributed by atoms with Crippen LogP contribution in [0.2, 0.25) is 5.02 Å². The number of hydrogen-bond donors (Lipinski definition) is 0. The first kappa shape index (κ1) is 13.9. The minimum absolute atomic E-state index is 0.190. The Morgan fingerprint density at radius 3 is 2.33 bits per heavy atom. The van der Waals surface area contributed by atoms with Gasteiger partial charge in [0.05, 0.1) is 16.4 Å². The Labute approximate surface area is 131 Å². The smallest absolute Gasteiger partial charge is 0.272 e. The van der Waals surface area contributed by atoms with Crippen molar-refractivity contribution in [2.45, 2.75) is 0 Å². The molecule has 3 rings (SSSR count). The molecule has 3 nitrogen and oxygen atoms in total. The molecule has 5 heteroatoms. The van der Waals surface area contributed by atoms with Crippen LogP contribution in [0.5, 0.6) is 0 Å². The predicted molar refractivity (Wildman–Crippen MR) is 84.2 cm³/mol. The average molecular weight is 317 g/mol. The molecule has 0 aliphatic carbocycles. The number of nitrogens with zero attached hydrogens (tertiary/aromatic N) is 2. The Morgan fingerprint density at radius 1 is 1.00 bits per heavy atom. The van der Waals surface area contributed by atoms with Crippen molar-refractivity contribution in [3.05, 3.63) is 71.4 Å². The van der Waals surface area contributed by atoms with Crippen LogP contribution in [0.1, 0.15) is 10.5 Å². The molecule has 1 heterocycles. The molecule has 3 aromatic rings. The van der Waals surface area contributed by atoms with Gasteiger partial charge in [-0.1, -0.05) is 54.1 Å². The molecule has 0 saturated carbocycles. The second-order valence-corrected chi connectivity index (χ2v) is 5.17. The summed E-state index contributed by atoms with van der Waals surface area (Å²) in [5.41, 5.74) is 2.57. The van der Waals surface area contributed by atoms with E-state index in [1.165, 1.54) is 0 Å². The molecule has 0 radical (unpaired) electrons. The highest BCUT2D eigenvalue weighted by molar-refractivity contribution is 6.67. The van der Waals surface area contributed by atoms with E-state index < -0.39 is 5.24 Å². The van der Waals surface area contributed by atoms with Gasteiger partial charge in [-0.3, -0.25) is 4.79 Å². The molecule has 0 bridgehead atoms. The van der Waals surface area contributed by atoms with Crippen LogP contribution >= 0.6 is 23.2 Å². The van der Waals surface area contributed by atoms with Crippen LogP contribution in [-0.2, 0) is 0 Å². The van der Waals surface area contributed by atoms with E-state index in [0.29, 0.717) is 10.7 Å². The summed E-state index contributed by atoms with van der Waals surface area (Å²) in [6.45, 7) is 0. The van der Waals surface area contributed by atoms with E-state index in [1.54, 1.807) is 16.8 Å². The summed E-state index contributed by atoms with van der Waals surface area (Å²) in [7, 11) is 0. The van der Waals surface area contributed by atoms with E-state index in [1.807, 2.05) is 48.5 Å². The van der Waals surface area contributed by atoms with Gasteiger partial charge < -0.3 is 0 Å². The SMILES string of the molecule is O=C(Cl)c1cc(-c2ccccc2)n(-c2ccccc2Cl)n1. The molecule has 0 fully saturated rings. The maximum Gasteiger partial charge on any atom is 0.272 e. The van der Waals surface area contributed by atoms with Gasteiger partial charge in [-0.25, -0.2) is 4.68 Å². The summed E-state index contributed by atoms with van der Waals surface area (Å²) in [6.07, 6.45) is 0. The van der Waals surface area contributed by atoms with Gasteiger partial charge in [0.1, 0.15) is 5.69 Å². The highest BCUT2D eigenvalue weighted by Gasteiger charge is 2.16. The third-order valence-corrected chi connectivity index (χ3v) is 3.57. The highest BCUT2D eigenvalue weighted by atomic mass is 35.5. The number of aromatic nitrogens is 2. The van der Waals surface area contributed by atoms with E-state index in [9.17, 15) is 4.79 Å². The lowest BCUT2D eigenvalue weighted by Crippen LogP contribution is -2.01. The van der Waals surface area contributed by atoms with Gasteiger partial charge in [-0.15, -0.1) is 0 Å². The highest BCUT2D eigenvalue weighted by Crippen LogP contribution is 2.28. The van der Waals surface area contributed by atoms with Gasteiger partial charge in [-0.05, 0) is 29.8 Å². The van der Waals surface area contributed by atoms with Gasteiger partial charge in [-0.2, -0.15) is 5.10 Å². The van der Waals surface area contributed by atoms with Crippen molar-refractivity contribution in [3.63, 3.8) is 0 Å². The topological polar surface area (TPSA) is 34.9 Å². The lowest BCUT2D eigenvalue weighted by atomic mass is 10.1. The van der Waals surface area contributed by atoms with Crippen LogP contribution in [0, 0.1) is 0 Å². The van der Waals surface area contributed by atoms with E-state index in [-0.39, 0.29) is 5.69 Å². The molecule has 0 atom stereocenters. The molecule has 21 heavy (non-hydrogen) atoms. The number of benzene rings is 2. The Bertz CT molecular complexity index is 797. The first-order chi connectivity index (χ1) is 10.2. The molecule has 104 valence electrons. The van der Waals surface area contributed by atoms with Crippen molar-refractivity contribution >= 4 is 28.4 Å². The molecule has 0 N–H and O–H groups in total. The summed E-state index contributed by atoms with van der Waals surface area (Å²) < 4.78 is 1.63. The quantitative estimate of drug-likeness (QED) is 0.663. The van der Waals surface area contributed by atoms with Crippen molar-refractivity contribution in [2.75, 3.05) is 0 Å². The van der Waals surface area contributed by atoms with Crippen LogP contribution in [0.15, 0.2) is 60.7 Å². The van der Waals surface area contributed by atoms with Crippen molar-refractivity contribution in [1.82, 2.24) is 9.78 Å². The Kier molecular flexibility index (Phi) is 3.78. The lowest BCUT2D eigenvalue weighted by Gasteiger charge is -2.09. The maximum atomic E-state index is 11.4. The van der Waals surface area contributed by atoms with Crippen molar-refractivity contribution in [1.29, 1.82) is 0 Å². The molecule has 0 aliphatic heterocycles. The molecule has 0 spiro atoms. The normalized spacial score (nSPS) is 10.6. The van der Waals surface area contributed by atoms with Crippen molar-refractivity contribution < 1.29 is 4.79 Å². The minimum atomic E-state index is -0.599. The number of carbonyl (C=O) groups is 1. The Balaban J connectivity index is 2.24. The second kappa shape index (κ2) is 5.72. The maximum absolute atomic E-state index is 11.4. The third-order valence-electron chi connectivity index (χ3n) is 3.06. The summed E-state index contributed by atoms with van der Waals surface area (Å²) in [5, 5.41) is 4.22. The van der Waals surface area contributed by atoms with Gasteiger partial charge >= 0.3 is 0 Å². The van der Waals surface area contributed by atoms with Gasteiger partial charge in [0.15, 0.2) is 0 Å². The fraction of sp³-hybridized carbons (Fsp3) is 0. The largest absolute Gasteiger partial charge is 0.274 e. The second-order valence-electron chi connectivity index (χ2n) is 4.42. The van der Waals surface area contributed by atoms with E-state index in [0.717, 1.165) is 11.3 Å². The first-order valence-electron chi connectivity index (χ1n) is 6.27. The van der Waals surface area contributed by atoms with Crippen molar-refractivity contribution in [2.24, 2.45) is 0 Å². The average Bonchev–Trinajstić information content (AvgIpc) is 2.94. The van der Waals surface area contributed by atoms with Gasteiger partial charge in [0.25, 0.3) is 5.24 Å². The number of rotatable bonds is 3. The summed E-state index contributed by atoms with van der Waals surface area (Å²) in [5.74, 6) is 0. The predicted octanol–water partition coefficient (Wildman–Crippen LogP) is 4.57. The number of halogens is 2. The molecule has 0 unspecified atom stereocenters. The first-order valence-corrected chi connectivity index (χ1v) is 7.02. The molecular formula is C16H10Cl2N2O. The number of hydrogen-bond acceptors (Lipinski definition) is 2. The zero-order valence-electron chi connectivity index (χ0n) is 10.8. The minimum Gasteiger partial charge on any atom is -0.274 e. The van der Waals surface area contributed by atoms with Crippen LogP contribution in [0.4, 0.5) is 0 Å². The number of carbonyl (C=O) groups excluding carboxylic acids is 1.